The number of sulfonamides is 1. The second-order valence-electron chi connectivity index (χ2n) is 5.49. The number of aryl methyl sites for hydroxylation is 1. The van der Waals surface area contributed by atoms with Crippen molar-refractivity contribution in [1.29, 1.82) is 0 Å². The summed E-state index contributed by atoms with van der Waals surface area (Å²) in [7, 11) is -3.70. The topological polar surface area (TPSA) is 102 Å². The molecular formula is C15H19N3O3S2. The number of amides is 1. The number of nitrogens with zero attached hydrogens (tertiary/aromatic N) is 1. The minimum Gasteiger partial charge on any atom is -0.347 e. The van der Waals surface area contributed by atoms with Crippen LogP contribution in [0.5, 0.6) is 0 Å². The van der Waals surface area contributed by atoms with E-state index in [4.69, 9.17) is 5.14 Å². The van der Waals surface area contributed by atoms with Crippen LogP contribution in [0.2, 0.25) is 0 Å². The van der Waals surface area contributed by atoms with E-state index in [1.54, 1.807) is 12.1 Å². The number of nitrogens with two attached hydrogens (primary N) is 1. The molecule has 0 aliphatic heterocycles. The standard InChI is InChI=1S/C15H19N3O3S2/c1-9(2)15-18-10(3)13(22-15)14(19)17-8-11-4-6-12(7-5-11)23(16,20)21/h4-7,9H,8H2,1-3H3,(H,17,19)(H2,16,20,21). The van der Waals surface area contributed by atoms with Crippen LogP contribution in [-0.2, 0) is 16.6 Å². The Morgan fingerprint density at radius 1 is 1.30 bits per heavy atom. The molecule has 0 saturated heterocycles. The van der Waals surface area contributed by atoms with Gasteiger partial charge in [-0.05, 0) is 24.6 Å². The third kappa shape index (κ3) is 4.37. The molecular weight excluding hydrogens is 334 g/mol. The van der Waals surface area contributed by atoms with E-state index in [1.165, 1.54) is 23.5 Å². The summed E-state index contributed by atoms with van der Waals surface area (Å²) >= 11 is 1.40. The van der Waals surface area contributed by atoms with Crippen molar-refractivity contribution in [2.75, 3.05) is 0 Å². The molecule has 0 saturated carbocycles. The monoisotopic (exact) mass is 353 g/mol. The van der Waals surface area contributed by atoms with E-state index in [9.17, 15) is 13.2 Å². The van der Waals surface area contributed by atoms with Gasteiger partial charge in [0, 0.05) is 12.5 Å². The molecule has 1 aromatic carbocycles. The Labute approximate surface area is 139 Å². The highest BCUT2D eigenvalue weighted by molar-refractivity contribution is 7.89. The molecule has 0 spiro atoms. The van der Waals surface area contributed by atoms with Gasteiger partial charge in [-0.15, -0.1) is 11.3 Å². The summed E-state index contributed by atoms with van der Waals surface area (Å²) in [4.78, 5) is 17.3. The lowest BCUT2D eigenvalue weighted by atomic mass is 10.2. The van der Waals surface area contributed by atoms with Gasteiger partial charge >= 0.3 is 0 Å². The second-order valence-corrected chi connectivity index (χ2v) is 8.09. The van der Waals surface area contributed by atoms with Crippen molar-refractivity contribution in [2.24, 2.45) is 5.14 Å². The van der Waals surface area contributed by atoms with Gasteiger partial charge in [0.15, 0.2) is 0 Å². The van der Waals surface area contributed by atoms with E-state index in [0.29, 0.717) is 11.4 Å². The minimum absolute atomic E-state index is 0.0486. The van der Waals surface area contributed by atoms with Gasteiger partial charge in [0.05, 0.1) is 15.6 Å². The first-order valence-corrected chi connectivity index (χ1v) is 9.42. The van der Waals surface area contributed by atoms with Crippen LogP contribution >= 0.6 is 11.3 Å². The molecule has 0 fully saturated rings. The minimum atomic E-state index is -3.70. The zero-order valence-electron chi connectivity index (χ0n) is 13.2. The van der Waals surface area contributed by atoms with E-state index in [-0.39, 0.29) is 16.7 Å². The summed E-state index contributed by atoms with van der Waals surface area (Å²) in [6.45, 7) is 6.19. The molecule has 1 heterocycles. The van der Waals surface area contributed by atoms with E-state index in [1.807, 2.05) is 20.8 Å². The number of aromatic nitrogens is 1. The maximum absolute atomic E-state index is 12.2. The highest BCUT2D eigenvalue weighted by Crippen LogP contribution is 2.24. The number of thiazole rings is 1. The SMILES string of the molecule is Cc1nc(C(C)C)sc1C(=O)NCc1ccc(S(N)(=O)=O)cc1. The number of carbonyl (C=O) groups excluding carboxylic acids is 1. The molecule has 2 rings (SSSR count). The van der Waals surface area contributed by atoms with Crippen molar-refractivity contribution in [3.05, 3.63) is 45.4 Å². The van der Waals surface area contributed by atoms with Crippen molar-refractivity contribution in [3.63, 3.8) is 0 Å². The summed E-state index contributed by atoms with van der Waals surface area (Å²) in [6, 6.07) is 6.09. The van der Waals surface area contributed by atoms with Gasteiger partial charge in [0.25, 0.3) is 5.91 Å². The average molecular weight is 353 g/mol. The molecule has 1 amide bonds. The van der Waals surface area contributed by atoms with Crippen LogP contribution in [0.25, 0.3) is 0 Å². The van der Waals surface area contributed by atoms with Gasteiger partial charge < -0.3 is 5.32 Å². The molecule has 0 bridgehead atoms. The van der Waals surface area contributed by atoms with Gasteiger partial charge in [-0.25, -0.2) is 18.5 Å². The Morgan fingerprint density at radius 2 is 1.91 bits per heavy atom. The zero-order chi connectivity index (χ0) is 17.2. The van der Waals surface area contributed by atoms with Crippen LogP contribution in [0.15, 0.2) is 29.2 Å². The number of hydrogen-bond acceptors (Lipinski definition) is 5. The lowest BCUT2D eigenvalue weighted by molar-refractivity contribution is 0.0954. The molecule has 6 nitrogen and oxygen atoms in total. The van der Waals surface area contributed by atoms with E-state index in [2.05, 4.69) is 10.3 Å². The number of hydrogen-bond donors (Lipinski definition) is 2. The number of carbonyl (C=O) groups is 1. The van der Waals surface area contributed by atoms with Gasteiger partial charge in [-0.1, -0.05) is 26.0 Å². The third-order valence-corrected chi connectivity index (χ3v) is 5.60. The van der Waals surface area contributed by atoms with Crippen molar-refractivity contribution in [3.8, 4) is 0 Å². The largest absolute Gasteiger partial charge is 0.347 e. The smallest absolute Gasteiger partial charge is 0.263 e. The Kier molecular flexibility index (Phi) is 5.18. The molecule has 3 N–H and O–H groups in total. The predicted molar refractivity (Wildman–Crippen MR) is 89.9 cm³/mol. The Morgan fingerprint density at radius 3 is 2.39 bits per heavy atom. The van der Waals surface area contributed by atoms with Crippen LogP contribution in [-0.4, -0.2) is 19.3 Å². The van der Waals surface area contributed by atoms with Crippen LogP contribution < -0.4 is 10.5 Å². The summed E-state index contributed by atoms with van der Waals surface area (Å²) in [5.41, 5.74) is 1.51. The fourth-order valence-electron chi connectivity index (χ4n) is 1.93. The molecule has 124 valence electrons. The summed E-state index contributed by atoms with van der Waals surface area (Å²) in [6.07, 6.45) is 0. The summed E-state index contributed by atoms with van der Waals surface area (Å²) in [5.74, 6) is 0.105. The highest BCUT2D eigenvalue weighted by Gasteiger charge is 2.16. The fraction of sp³-hybridized carbons (Fsp3) is 0.333. The number of rotatable bonds is 5. The molecule has 2 aromatic rings. The quantitative estimate of drug-likeness (QED) is 0.860. The van der Waals surface area contributed by atoms with Gasteiger partial charge in [0.1, 0.15) is 4.88 Å². The van der Waals surface area contributed by atoms with E-state index >= 15 is 0 Å². The fourth-order valence-corrected chi connectivity index (χ4v) is 3.44. The average Bonchev–Trinajstić information content (AvgIpc) is 2.86. The maximum atomic E-state index is 12.2. The number of benzene rings is 1. The van der Waals surface area contributed by atoms with E-state index in [0.717, 1.165) is 16.3 Å². The highest BCUT2D eigenvalue weighted by atomic mass is 32.2. The number of primary sulfonamides is 1. The molecule has 23 heavy (non-hydrogen) atoms. The normalized spacial score (nSPS) is 11.7. The first-order valence-electron chi connectivity index (χ1n) is 7.05. The Hall–Kier alpha value is -1.77. The lowest BCUT2D eigenvalue weighted by Gasteiger charge is -2.05. The first kappa shape index (κ1) is 17.6. The van der Waals surface area contributed by atoms with Crippen LogP contribution in [0.4, 0.5) is 0 Å². The maximum Gasteiger partial charge on any atom is 0.263 e. The first-order chi connectivity index (χ1) is 10.7. The van der Waals surface area contributed by atoms with Crippen molar-refractivity contribution >= 4 is 27.3 Å². The molecule has 8 heteroatoms. The Balaban J connectivity index is 2.04. The van der Waals surface area contributed by atoms with Gasteiger partial charge in [0.2, 0.25) is 10.0 Å². The lowest BCUT2D eigenvalue weighted by Crippen LogP contribution is -2.22. The van der Waals surface area contributed by atoms with Crippen LogP contribution in [0.3, 0.4) is 0 Å². The molecule has 0 aliphatic rings. The summed E-state index contributed by atoms with van der Waals surface area (Å²) in [5, 5.41) is 8.80. The predicted octanol–water partition coefficient (Wildman–Crippen LogP) is 2.15. The Bertz CT molecular complexity index is 809. The second kappa shape index (κ2) is 6.77. The number of nitrogens with one attached hydrogen (secondary N) is 1. The van der Waals surface area contributed by atoms with Gasteiger partial charge in [-0.3, -0.25) is 4.79 Å². The van der Waals surface area contributed by atoms with Crippen molar-refractivity contribution in [1.82, 2.24) is 10.3 Å². The summed E-state index contributed by atoms with van der Waals surface area (Å²) < 4.78 is 22.4. The molecule has 0 unspecified atom stereocenters. The van der Waals surface area contributed by atoms with Crippen molar-refractivity contribution < 1.29 is 13.2 Å². The van der Waals surface area contributed by atoms with Crippen molar-refractivity contribution in [2.45, 2.75) is 38.1 Å². The van der Waals surface area contributed by atoms with Gasteiger partial charge in [-0.2, -0.15) is 0 Å². The molecule has 0 aliphatic carbocycles. The molecule has 0 atom stereocenters. The third-order valence-electron chi connectivity index (χ3n) is 3.22. The van der Waals surface area contributed by atoms with Crippen LogP contribution in [0, 0.1) is 6.92 Å². The zero-order valence-corrected chi connectivity index (χ0v) is 14.8. The molecule has 1 aromatic heterocycles. The molecule has 0 radical (unpaired) electrons. The van der Waals surface area contributed by atoms with E-state index < -0.39 is 10.0 Å². The van der Waals surface area contributed by atoms with Crippen LogP contribution in [0.1, 0.15) is 45.7 Å².